The number of nitro benzene ring substituents is 1. The largest absolute Gasteiger partial charge is 0.462 e. The van der Waals surface area contributed by atoms with Crippen LogP contribution in [0.5, 0.6) is 0 Å². The first kappa shape index (κ1) is 20.0. The Labute approximate surface area is 157 Å². The Morgan fingerprint density at radius 3 is 2.37 bits per heavy atom. The van der Waals surface area contributed by atoms with Gasteiger partial charge in [0.1, 0.15) is 0 Å². The lowest BCUT2D eigenvalue weighted by atomic mass is 10.1. The van der Waals surface area contributed by atoms with Crippen molar-refractivity contribution in [3.8, 4) is 0 Å². The molecule has 0 unspecified atom stereocenters. The van der Waals surface area contributed by atoms with Gasteiger partial charge in [0.15, 0.2) is 10.8 Å². The first-order valence-corrected chi connectivity index (χ1v) is 8.64. The van der Waals surface area contributed by atoms with Crippen LogP contribution in [-0.4, -0.2) is 41.0 Å². The van der Waals surface area contributed by atoms with Crippen molar-refractivity contribution in [2.24, 2.45) is 0 Å². The molecule has 2 aromatic rings. The maximum Gasteiger partial charge on any atom is 0.357 e. The number of anilines is 1. The third kappa shape index (κ3) is 5.07. The number of carbonyl (C=O) groups is 3. The first-order chi connectivity index (χ1) is 12.8. The number of rotatable bonds is 7. The second-order valence-corrected chi connectivity index (χ2v) is 5.82. The van der Waals surface area contributed by atoms with Crippen LogP contribution in [0.3, 0.4) is 0 Å². The number of ether oxygens (including phenoxy) is 2. The maximum absolute atomic E-state index is 12.4. The minimum absolute atomic E-state index is 0.0309. The molecule has 0 saturated carbocycles. The fourth-order valence-corrected chi connectivity index (χ4v) is 2.65. The lowest BCUT2D eigenvalue weighted by Gasteiger charge is -2.06. The van der Waals surface area contributed by atoms with E-state index in [9.17, 15) is 24.5 Å². The van der Waals surface area contributed by atoms with Crippen LogP contribution in [0.2, 0.25) is 0 Å². The predicted molar refractivity (Wildman–Crippen MR) is 95.1 cm³/mol. The number of nitrogens with zero attached hydrogens (tertiary/aromatic N) is 2. The number of thiazole rings is 1. The van der Waals surface area contributed by atoms with Crippen LogP contribution in [0.1, 0.15) is 45.1 Å². The number of hydrogen-bond acceptors (Lipinski definition) is 9. The van der Waals surface area contributed by atoms with E-state index in [0.717, 1.165) is 23.5 Å². The normalized spacial score (nSPS) is 10.1. The van der Waals surface area contributed by atoms with Crippen LogP contribution in [0, 0.1) is 10.1 Å². The van der Waals surface area contributed by atoms with Gasteiger partial charge in [-0.1, -0.05) is 0 Å². The van der Waals surface area contributed by atoms with E-state index in [1.807, 2.05) is 0 Å². The Balaban J connectivity index is 2.26. The number of carbonyl (C=O) groups excluding carboxylic acids is 3. The molecule has 0 spiro atoms. The van der Waals surface area contributed by atoms with Gasteiger partial charge < -0.3 is 9.47 Å². The molecule has 1 amide bonds. The summed E-state index contributed by atoms with van der Waals surface area (Å²) in [6.07, 6.45) is 0. The fraction of sp³-hybridized carbons (Fsp3) is 0.250. The van der Waals surface area contributed by atoms with E-state index in [0.29, 0.717) is 0 Å². The molecule has 0 aliphatic heterocycles. The van der Waals surface area contributed by atoms with E-state index in [1.54, 1.807) is 13.8 Å². The third-order valence-corrected chi connectivity index (χ3v) is 3.87. The molecule has 0 bridgehead atoms. The number of aromatic nitrogens is 1. The molecule has 1 aromatic carbocycles. The Morgan fingerprint density at radius 2 is 1.74 bits per heavy atom. The van der Waals surface area contributed by atoms with Crippen molar-refractivity contribution < 1.29 is 28.8 Å². The van der Waals surface area contributed by atoms with Gasteiger partial charge in [-0.25, -0.2) is 14.6 Å². The summed E-state index contributed by atoms with van der Waals surface area (Å²) in [5.74, 6) is -2.14. The lowest BCUT2D eigenvalue weighted by Crippen LogP contribution is -2.14. The number of esters is 2. The van der Waals surface area contributed by atoms with Crippen molar-refractivity contribution in [2.75, 3.05) is 18.5 Å². The minimum atomic E-state index is -0.783. The quantitative estimate of drug-likeness (QED) is 0.430. The molecule has 10 nitrogen and oxygen atoms in total. The molecule has 27 heavy (non-hydrogen) atoms. The second kappa shape index (κ2) is 8.85. The number of non-ortho nitro benzene ring substituents is 1. The van der Waals surface area contributed by atoms with Crippen LogP contribution < -0.4 is 5.32 Å². The highest BCUT2D eigenvalue weighted by Crippen LogP contribution is 2.21. The summed E-state index contributed by atoms with van der Waals surface area (Å²) in [6.45, 7) is 3.50. The average Bonchev–Trinajstić information content (AvgIpc) is 3.10. The smallest absolute Gasteiger partial charge is 0.357 e. The van der Waals surface area contributed by atoms with Gasteiger partial charge in [0.05, 0.1) is 23.7 Å². The zero-order valence-electron chi connectivity index (χ0n) is 14.4. The van der Waals surface area contributed by atoms with E-state index >= 15 is 0 Å². The van der Waals surface area contributed by atoms with Crippen molar-refractivity contribution in [3.05, 3.63) is 50.5 Å². The monoisotopic (exact) mass is 393 g/mol. The zero-order valence-corrected chi connectivity index (χ0v) is 15.2. The Hall–Kier alpha value is -3.34. The zero-order chi connectivity index (χ0) is 20.0. The molecule has 1 aromatic heterocycles. The summed E-state index contributed by atoms with van der Waals surface area (Å²) in [5, 5.41) is 15.0. The van der Waals surface area contributed by atoms with E-state index < -0.39 is 28.5 Å². The number of benzene rings is 1. The minimum Gasteiger partial charge on any atom is -0.462 e. The molecule has 0 fully saturated rings. The Morgan fingerprint density at radius 1 is 1.11 bits per heavy atom. The van der Waals surface area contributed by atoms with Crippen molar-refractivity contribution in [2.45, 2.75) is 13.8 Å². The summed E-state index contributed by atoms with van der Waals surface area (Å²) in [4.78, 5) is 50.1. The van der Waals surface area contributed by atoms with Crippen molar-refractivity contribution >= 4 is 40.0 Å². The van der Waals surface area contributed by atoms with Crippen LogP contribution in [0.4, 0.5) is 10.8 Å². The van der Waals surface area contributed by atoms with E-state index in [4.69, 9.17) is 9.47 Å². The van der Waals surface area contributed by atoms with Crippen LogP contribution in [0.25, 0.3) is 0 Å². The standard InChI is InChI=1S/C16H15N3O7S/c1-3-25-14(21)10-5-9(6-11(7-10)19(23)24)13(20)18-16-17-12(8-27-16)15(22)26-4-2/h5-8H,3-4H2,1-2H3,(H,17,18,20). The van der Waals surface area contributed by atoms with E-state index in [2.05, 4.69) is 10.3 Å². The topological polar surface area (TPSA) is 138 Å². The second-order valence-electron chi connectivity index (χ2n) is 4.96. The van der Waals surface area contributed by atoms with Crippen LogP contribution in [-0.2, 0) is 9.47 Å². The van der Waals surface area contributed by atoms with Crippen molar-refractivity contribution in [3.63, 3.8) is 0 Å². The Kier molecular flexibility index (Phi) is 6.55. The molecule has 1 N–H and O–H groups in total. The molecule has 0 saturated heterocycles. The summed E-state index contributed by atoms with van der Waals surface area (Å²) in [6, 6.07) is 3.23. The van der Waals surface area contributed by atoms with Gasteiger partial charge in [-0.05, 0) is 19.9 Å². The molecule has 1 heterocycles. The highest BCUT2D eigenvalue weighted by Gasteiger charge is 2.20. The number of hydrogen-bond donors (Lipinski definition) is 1. The lowest BCUT2D eigenvalue weighted by molar-refractivity contribution is -0.384. The summed E-state index contributed by atoms with van der Waals surface area (Å²) < 4.78 is 9.62. The first-order valence-electron chi connectivity index (χ1n) is 7.76. The van der Waals surface area contributed by atoms with E-state index in [1.165, 1.54) is 11.4 Å². The molecular weight excluding hydrogens is 378 g/mol. The summed E-state index contributed by atoms with van der Waals surface area (Å²) >= 11 is 0.986. The Bertz CT molecular complexity index is 894. The van der Waals surface area contributed by atoms with Crippen molar-refractivity contribution in [1.82, 2.24) is 4.98 Å². The highest BCUT2D eigenvalue weighted by atomic mass is 32.1. The molecule has 2 rings (SSSR count). The fourth-order valence-electron chi connectivity index (χ4n) is 1.98. The predicted octanol–water partition coefficient (Wildman–Crippen LogP) is 2.66. The highest BCUT2D eigenvalue weighted by molar-refractivity contribution is 7.14. The summed E-state index contributed by atoms with van der Waals surface area (Å²) in [7, 11) is 0. The number of amides is 1. The van der Waals surface area contributed by atoms with Crippen molar-refractivity contribution in [1.29, 1.82) is 0 Å². The van der Waals surface area contributed by atoms with Crippen LogP contribution in [0.15, 0.2) is 23.6 Å². The van der Waals surface area contributed by atoms with Gasteiger partial charge in [0.25, 0.3) is 11.6 Å². The summed E-state index contributed by atoms with van der Waals surface area (Å²) in [5.41, 5.74) is -0.650. The average molecular weight is 393 g/mol. The number of nitrogens with one attached hydrogen (secondary N) is 1. The molecular formula is C16H15N3O7S. The number of nitro groups is 1. The van der Waals surface area contributed by atoms with Gasteiger partial charge >= 0.3 is 11.9 Å². The van der Waals surface area contributed by atoms with Crippen LogP contribution >= 0.6 is 11.3 Å². The molecule has 0 atom stereocenters. The molecule has 0 aliphatic rings. The van der Waals surface area contributed by atoms with Gasteiger partial charge in [-0.2, -0.15) is 0 Å². The third-order valence-electron chi connectivity index (χ3n) is 3.11. The SMILES string of the molecule is CCOC(=O)c1cc(C(=O)Nc2nc(C(=O)OCC)cs2)cc([N+](=O)[O-])c1. The molecule has 0 aliphatic carbocycles. The van der Waals surface area contributed by atoms with Gasteiger partial charge in [-0.3, -0.25) is 20.2 Å². The molecule has 142 valence electrons. The molecule has 11 heteroatoms. The maximum atomic E-state index is 12.4. The molecule has 0 radical (unpaired) electrons. The van der Waals surface area contributed by atoms with E-state index in [-0.39, 0.29) is 35.2 Å². The van der Waals surface area contributed by atoms with Gasteiger partial charge in [0, 0.05) is 23.1 Å². The van der Waals surface area contributed by atoms with Gasteiger partial charge in [-0.15, -0.1) is 11.3 Å². The van der Waals surface area contributed by atoms with Gasteiger partial charge in [0.2, 0.25) is 0 Å².